The van der Waals surface area contributed by atoms with Crippen LogP contribution in [0.15, 0.2) is 24.3 Å². The second kappa shape index (κ2) is 4.61. The molecule has 0 aromatic heterocycles. The summed E-state index contributed by atoms with van der Waals surface area (Å²) in [5.74, 6) is 0. The van der Waals surface area contributed by atoms with Gasteiger partial charge in [0.25, 0.3) is 0 Å². The molecule has 13 heavy (non-hydrogen) atoms. The Labute approximate surface area is 99.2 Å². The maximum absolute atomic E-state index is 11.1. The predicted octanol–water partition coefficient (Wildman–Crippen LogP) is 2.39. The first kappa shape index (κ1) is 11.3. The van der Waals surface area contributed by atoms with Gasteiger partial charge in [0.15, 0.2) is 0 Å². The van der Waals surface area contributed by atoms with E-state index < -0.39 is 10.0 Å². The van der Waals surface area contributed by atoms with Crippen molar-refractivity contribution in [2.45, 2.75) is 0 Å². The molecule has 0 heterocycles. The standard InChI is InChI=1S/C7H7BrINO2S/c8-5-13(11,12)10-7-3-1-6(9)2-4-7/h1-4,10H,5H2. The third kappa shape index (κ3) is 3.82. The molecule has 0 aliphatic rings. The molecule has 3 nitrogen and oxygen atoms in total. The number of hydrogen-bond donors (Lipinski definition) is 1. The summed E-state index contributed by atoms with van der Waals surface area (Å²) in [6, 6.07) is 7.13. The second-order valence-electron chi connectivity index (χ2n) is 2.33. The average Bonchev–Trinajstić information content (AvgIpc) is 2.09. The smallest absolute Gasteiger partial charge is 0.242 e. The number of nitrogens with one attached hydrogen (secondary N) is 1. The summed E-state index contributed by atoms with van der Waals surface area (Å²) in [7, 11) is -3.22. The van der Waals surface area contributed by atoms with Crippen LogP contribution in [0.25, 0.3) is 0 Å². The molecule has 6 heteroatoms. The lowest BCUT2D eigenvalue weighted by atomic mass is 10.3. The lowest BCUT2D eigenvalue weighted by Gasteiger charge is -2.04. The van der Waals surface area contributed by atoms with Crippen LogP contribution < -0.4 is 4.72 Å². The molecule has 72 valence electrons. The molecule has 0 spiro atoms. The zero-order valence-corrected chi connectivity index (χ0v) is 11.1. The van der Waals surface area contributed by atoms with Crippen molar-refractivity contribution in [1.82, 2.24) is 0 Å². The number of benzene rings is 1. The molecule has 1 aromatic rings. The minimum Gasteiger partial charge on any atom is -0.283 e. The Balaban J connectivity index is 2.82. The Morgan fingerprint density at radius 2 is 1.85 bits per heavy atom. The van der Waals surface area contributed by atoms with Crippen molar-refractivity contribution in [2.24, 2.45) is 0 Å². The fraction of sp³-hybridized carbons (Fsp3) is 0.143. The highest BCUT2D eigenvalue weighted by Gasteiger charge is 2.06. The van der Waals surface area contributed by atoms with E-state index in [0.29, 0.717) is 5.69 Å². The zero-order valence-electron chi connectivity index (χ0n) is 6.50. The first-order valence-electron chi connectivity index (χ1n) is 3.35. The zero-order chi connectivity index (χ0) is 9.90. The van der Waals surface area contributed by atoms with E-state index in [1.54, 1.807) is 12.1 Å². The number of alkyl halides is 1. The molecule has 0 amide bonds. The van der Waals surface area contributed by atoms with E-state index in [1.807, 2.05) is 12.1 Å². The average molecular weight is 376 g/mol. The molecule has 0 atom stereocenters. The van der Waals surface area contributed by atoms with Crippen LogP contribution in [0.4, 0.5) is 5.69 Å². The topological polar surface area (TPSA) is 46.2 Å². The van der Waals surface area contributed by atoms with Gasteiger partial charge in [0, 0.05) is 9.26 Å². The highest BCUT2D eigenvalue weighted by atomic mass is 127. The van der Waals surface area contributed by atoms with Gasteiger partial charge in [-0.2, -0.15) is 0 Å². The Bertz CT molecular complexity index is 376. The van der Waals surface area contributed by atoms with Crippen LogP contribution in [0.3, 0.4) is 0 Å². The van der Waals surface area contributed by atoms with Gasteiger partial charge in [0.05, 0.1) is 0 Å². The summed E-state index contributed by atoms with van der Waals surface area (Å²) < 4.78 is 25.6. The van der Waals surface area contributed by atoms with Gasteiger partial charge in [0.2, 0.25) is 10.0 Å². The summed E-state index contributed by atoms with van der Waals surface area (Å²) in [5, 5.41) is 0. The van der Waals surface area contributed by atoms with Gasteiger partial charge in [-0.15, -0.1) is 0 Å². The monoisotopic (exact) mass is 375 g/mol. The summed E-state index contributed by atoms with van der Waals surface area (Å²) in [5.41, 5.74) is 0.583. The summed E-state index contributed by atoms with van der Waals surface area (Å²) in [6.07, 6.45) is 0. The number of sulfonamides is 1. The predicted molar refractivity (Wildman–Crippen MR) is 65.5 cm³/mol. The molecule has 1 N–H and O–H groups in total. The SMILES string of the molecule is O=S(=O)(CBr)Nc1ccc(I)cc1. The van der Waals surface area contributed by atoms with Crippen molar-refractivity contribution in [2.75, 3.05) is 9.38 Å². The molecule has 0 unspecified atom stereocenters. The first-order chi connectivity index (χ1) is 6.03. The molecular formula is C7H7BrINO2S. The normalized spacial score (nSPS) is 11.2. The third-order valence-corrected chi connectivity index (χ3v) is 4.62. The third-order valence-electron chi connectivity index (χ3n) is 1.26. The van der Waals surface area contributed by atoms with E-state index >= 15 is 0 Å². The van der Waals surface area contributed by atoms with Crippen molar-refractivity contribution in [3.63, 3.8) is 0 Å². The van der Waals surface area contributed by atoms with Gasteiger partial charge in [-0.25, -0.2) is 8.42 Å². The minimum absolute atomic E-state index is 0.0913. The lowest BCUT2D eigenvalue weighted by Crippen LogP contribution is -2.12. The molecule has 0 aliphatic heterocycles. The van der Waals surface area contributed by atoms with Crippen LogP contribution in [0.2, 0.25) is 0 Å². The number of rotatable bonds is 3. The summed E-state index contributed by atoms with van der Waals surface area (Å²) in [4.78, 5) is 0. The fourth-order valence-electron chi connectivity index (χ4n) is 0.725. The maximum atomic E-state index is 11.1. The van der Waals surface area contributed by atoms with E-state index in [0.717, 1.165) is 3.57 Å². The molecule has 0 radical (unpaired) electrons. The Kier molecular flexibility index (Phi) is 3.99. The van der Waals surface area contributed by atoms with Gasteiger partial charge >= 0.3 is 0 Å². The Hall–Kier alpha value is 0.180. The number of halogens is 2. The van der Waals surface area contributed by atoms with Crippen LogP contribution in [-0.2, 0) is 10.0 Å². The van der Waals surface area contributed by atoms with Gasteiger partial charge < -0.3 is 0 Å². The molecular weight excluding hydrogens is 369 g/mol. The number of anilines is 1. The van der Waals surface area contributed by atoms with Gasteiger partial charge in [-0.3, -0.25) is 4.72 Å². The van der Waals surface area contributed by atoms with Crippen molar-refractivity contribution in [3.8, 4) is 0 Å². The first-order valence-corrected chi connectivity index (χ1v) is 7.21. The van der Waals surface area contributed by atoms with Gasteiger partial charge in [-0.1, -0.05) is 15.9 Å². The Morgan fingerprint density at radius 3 is 2.31 bits per heavy atom. The van der Waals surface area contributed by atoms with E-state index in [2.05, 4.69) is 43.2 Å². The molecule has 0 bridgehead atoms. The van der Waals surface area contributed by atoms with E-state index in [4.69, 9.17) is 0 Å². The summed E-state index contributed by atoms with van der Waals surface area (Å²) in [6.45, 7) is 0. The van der Waals surface area contributed by atoms with Crippen molar-refractivity contribution in [3.05, 3.63) is 27.8 Å². The van der Waals surface area contributed by atoms with Gasteiger partial charge in [0.1, 0.15) is 4.66 Å². The van der Waals surface area contributed by atoms with Gasteiger partial charge in [-0.05, 0) is 46.9 Å². The van der Waals surface area contributed by atoms with Crippen LogP contribution in [0.5, 0.6) is 0 Å². The van der Waals surface area contributed by atoms with E-state index in [-0.39, 0.29) is 4.66 Å². The van der Waals surface area contributed by atoms with Crippen LogP contribution in [0.1, 0.15) is 0 Å². The van der Waals surface area contributed by atoms with Crippen molar-refractivity contribution in [1.29, 1.82) is 0 Å². The fourth-order valence-corrected chi connectivity index (χ4v) is 1.98. The highest BCUT2D eigenvalue weighted by Crippen LogP contribution is 2.13. The van der Waals surface area contributed by atoms with Crippen LogP contribution >= 0.6 is 38.5 Å². The molecule has 0 fully saturated rings. The number of hydrogen-bond acceptors (Lipinski definition) is 2. The second-order valence-corrected chi connectivity index (χ2v) is 6.60. The maximum Gasteiger partial charge on any atom is 0.242 e. The van der Waals surface area contributed by atoms with Crippen LogP contribution in [-0.4, -0.2) is 13.1 Å². The quantitative estimate of drug-likeness (QED) is 0.651. The molecule has 0 aliphatic carbocycles. The highest BCUT2D eigenvalue weighted by molar-refractivity contribution is 14.1. The molecule has 1 rings (SSSR count). The Morgan fingerprint density at radius 1 is 1.31 bits per heavy atom. The van der Waals surface area contributed by atoms with E-state index in [9.17, 15) is 8.42 Å². The molecule has 1 aromatic carbocycles. The lowest BCUT2D eigenvalue weighted by molar-refractivity contribution is 0.606. The van der Waals surface area contributed by atoms with Crippen LogP contribution in [0, 0.1) is 3.57 Å². The molecule has 0 saturated carbocycles. The van der Waals surface area contributed by atoms with Crippen molar-refractivity contribution >= 4 is 54.2 Å². The minimum atomic E-state index is -3.22. The van der Waals surface area contributed by atoms with Crippen molar-refractivity contribution < 1.29 is 8.42 Å². The summed E-state index contributed by atoms with van der Waals surface area (Å²) >= 11 is 5.05. The largest absolute Gasteiger partial charge is 0.283 e. The van der Waals surface area contributed by atoms with E-state index in [1.165, 1.54) is 0 Å². The molecule has 0 saturated heterocycles.